The zero-order valence-electron chi connectivity index (χ0n) is 13.1. The number of halogens is 2. The normalized spacial score (nSPS) is 12.6. The molecule has 0 aliphatic heterocycles. The van der Waals surface area contributed by atoms with E-state index in [4.69, 9.17) is 4.18 Å². The number of benzene rings is 1. The zero-order chi connectivity index (χ0) is 17.0. The molecule has 0 atom stereocenters. The Labute approximate surface area is 130 Å². The summed E-state index contributed by atoms with van der Waals surface area (Å²) in [4.78, 5) is 0.0334. The van der Waals surface area contributed by atoms with Gasteiger partial charge in [0.05, 0.1) is 11.5 Å². The average Bonchev–Trinajstić information content (AvgIpc) is 2.37. The third kappa shape index (κ3) is 5.08. The van der Waals surface area contributed by atoms with Crippen molar-refractivity contribution in [1.82, 2.24) is 0 Å². The molecule has 22 heavy (non-hydrogen) atoms. The Morgan fingerprint density at radius 2 is 1.68 bits per heavy atom. The van der Waals surface area contributed by atoms with Gasteiger partial charge in [-0.15, -0.1) is 0 Å². The van der Waals surface area contributed by atoms with Gasteiger partial charge < -0.3 is 0 Å². The third-order valence-corrected chi connectivity index (χ3v) is 4.29. The summed E-state index contributed by atoms with van der Waals surface area (Å²) in [5, 5.41) is 0. The minimum Gasteiger partial charge on any atom is -0.265 e. The lowest BCUT2D eigenvalue weighted by Gasteiger charge is -2.25. The highest BCUT2D eigenvalue weighted by atomic mass is 32.2. The van der Waals surface area contributed by atoms with Gasteiger partial charge in [0.2, 0.25) is 0 Å². The summed E-state index contributed by atoms with van der Waals surface area (Å²) in [6.07, 6.45) is -0.0865. The van der Waals surface area contributed by atoms with Crippen LogP contribution in [0.25, 0.3) is 0 Å². The lowest BCUT2D eigenvalue weighted by Crippen LogP contribution is -2.32. The van der Waals surface area contributed by atoms with E-state index in [1.807, 2.05) is 12.8 Å². The first-order valence-electron chi connectivity index (χ1n) is 6.80. The second-order valence-corrected chi connectivity index (χ2v) is 7.58. The fourth-order valence-electron chi connectivity index (χ4n) is 1.34. The maximum Gasteiger partial charge on any atom is 0.312 e. The molecule has 0 saturated heterocycles. The van der Waals surface area contributed by atoms with E-state index in [0.29, 0.717) is 0 Å². The molecular formula is C16H20F2O3S. The molecule has 1 rings (SSSR count). The molecule has 3 nitrogen and oxygen atoms in total. The van der Waals surface area contributed by atoms with Crippen molar-refractivity contribution in [3.8, 4) is 11.8 Å². The lowest BCUT2D eigenvalue weighted by atomic mass is 9.88. The molecule has 6 heteroatoms. The predicted molar refractivity (Wildman–Crippen MR) is 81.1 cm³/mol. The molecule has 0 saturated carbocycles. The second-order valence-electron chi connectivity index (χ2n) is 5.97. The van der Waals surface area contributed by atoms with Crippen LogP contribution in [-0.2, 0) is 14.3 Å². The van der Waals surface area contributed by atoms with Crippen LogP contribution in [0.2, 0.25) is 0 Å². The molecule has 0 spiro atoms. The first-order chi connectivity index (χ1) is 9.96. The van der Waals surface area contributed by atoms with Crippen LogP contribution in [0.1, 0.15) is 32.8 Å². The molecule has 0 bridgehead atoms. The van der Waals surface area contributed by atoms with Crippen LogP contribution >= 0.6 is 0 Å². The van der Waals surface area contributed by atoms with Crippen LogP contribution in [-0.4, -0.2) is 20.9 Å². The summed E-state index contributed by atoms with van der Waals surface area (Å²) in [7, 11) is -3.88. The quantitative estimate of drug-likeness (QED) is 0.479. The fraction of sp³-hybridized carbons (Fsp3) is 0.500. The molecule has 0 aliphatic carbocycles. The molecule has 0 unspecified atom stereocenters. The van der Waals surface area contributed by atoms with Gasteiger partial charge in [-0.2, -0.15) is 17.2 Å². The topological polar surface area (TPSA) is 43.4 Å². The van der Waals surface area contributed by atoms with Crippen LogP contribution in [0.15, 0.2) is 29.2 Å². The van der Waals surface area contributed by atoms with Gasteiger partial charge in [0.15, 0.2) is 0 Å². The van der Waals surface area contributed by atoms with Gasteiger partial charge in [-0.25, -0.2) is 0 Å². The smallest absolute Gasteiger partial charge is 0.265 e. The number of alkyl halides is 2. The minimum absolute atomic E-state index is 0.0334. The molecule has 0 amide bonds. The Balaban J connectivity index is 2.60. The Morgan fingerprint density at radius 1 is 1.14 bits per heavy atom. The van der Waals surface area contributed by atoms with Crippen molar-refractivity contribution in [3.63, 3.8) is 0 Å². The Hall–Kier alpha value is -1.45. The van der Waals surface area contributed by atoms with E-state index in [-0.39, 0.29) is 17.9 Å². The van der Waals surface area contributed by atoms with E-state index in [1.54, 1.807) is 12.1 Å². The number of hydrogen-bond acceptors (Lipinski definition) is 3. The second kappa shape index (κ2) is 6.76. The van der Waals surface area contributed by atoms with Crippen molar-refractivity contribution in [2.45, 2.75) is 44.9 Å². The van der Waals surface area contributed by atoms with Gasteiger partial charge in [0.25, 0.3) is 10.1 Å². The highest BCUT2D eigenvalue weighted by Crippen LogP contribution is 2.34. The maximum atomic E-state index is 13.6. The summed E-state index contributed by atoms with van der Waals surface area (Å²) < 4.78 is 55.6. The van der Waals surface area contributed by atoms with E-state index in [0.717, 1.165) is 5.56 Å². The van der Waals surface area contributed by atoms with Crippen LogP contribution in [0.4, 0.5) is 8.78 Å². The molecular weight excluding hydrogens is 310 g/mol. The summed E-state index contributed by atoms with van der Waals surface area (Å²) in [6, 6.07) is 6.17. The largest absolute Gasteiger partial charge is 0.312 e. The fourth-order valence-corrected chi connectivity index (χ4v) is 2.24. The lowest BCUT2D eigenvalue weighted by molar-refractivity contribution is -0.0403. The molecule has 0 N–H and O–H groups in total. The highest BCUT2D eigenvalue weighted by molar-refractivity contribution is 7.86. The molecule has 1 aromatic rings. The van der Waals surface area contributed by atoms with Gasteiger partial charge in [0, 0.05) is 11.8 Å². The molecule has 0 fully saturated rings. The predicted octanol–water partition coefficient (Wildman–Crippen LogP) is 3.78. The number of hydrogen-bond donors (Lipinski definition) is 0. The SMILES string of the molecule is Cc1ccc(S(=O)(=O)OCCC#CC(F)(F)C(C)(C)C)cc1. The van der Waals surface area contributed by atoms with Gasteiger partial charge >= 0.3 is 5.92 Å². The third-order valence-electron chi connectivity index (χ3n) is 2.96. The zero-order valence-corrected chi connectivity index (χ0v) is 13.9. The standard InChI is InChI=1S/C16H20F2O3S/c1-13-7-9-14(10-8-13)22(19,20)21-12-6-5-11-16(17,18)15(2,3)4/h7-10H,6,12H2,1-4H3. The molecule has 0 aromatic heterocycles. The summed E-state index contributed by atoms with van der Waals surface area (Å²) in [5.74, 6) is 1.01. The van der Waals surface area contributed by atoms with Crippen molar-refractivity contribution in [2.24, 2.45) is 5.41 Å². The van der Waals surface area contributed by atoms with Gasteiger partial charge in [-0.05, 0) is 25.0 Å². The van der Waals surface area contributed by atoms with Crippen molar-refractivity contribution in [3.05, 3.63) is 29.8 Å². The van der Waals surface area contributed by atoms with Crippen molar-refractivity contribution < 1.29 is 21.4 Å². The monoisotopic (exact) mass is 330 g/mol. The molecule has 0 aliphatic rings. The molecule has 0 radical (unpaired) electrons. The van der Waals surface area contributed by atoms with Gasteiger partial charge in [-0.3, -0.25) is 4.18 Å². The molecule has 0 heterocycles. The van der Waals surface area contributed by atoms with E-state index >= 15 is 0 Å². The highest BCUT2D eigenvalue weighted by Gasteiger charge is 2.41. The number of rotatable bonds is 4. The molecule has 122 valence electrons. The Morgan fingerprint density at radius 3 is 2.18 bits per heavy atom. The van der Waals surface area contributed by atoms with Crippen LogP contribution in [0.3, 0.4) is 0 Å². The van der Waals surface area contributed by atoms with Crippen molar-refractivity contribution in [2.75, 3.05) is 6.61 Å². The first kappa shape index (κ1) is 18.6. The van der Waals surface area contributed by atoms with Crippen molar-refractivity contribution in [1.29, 1.82) is 0 Å². The summed E-state index contributed by atoms with van der Waals surface area (Å²) in [5.41, 5.74) is -0.344. The average molecular weight is 330 g/mol. The van der Waals surface area contributed by atoms with Gasteiger partial charge in [0.1, 0.15) is 0 Å². The maximum absolute atomic E-state index is 13.6. The van der Waals surface area contributed by atoms with E-state index in [2.05, 4.69) is 5.92 Å². The first-order valence-corrected chi connectivity index (χ1v) is 8.20. The summed E-state index contributed by atoms with van der Waals surface area (Å²) in [6.45, 7) is 5.74. The van der Waals surface area contributed by atoms with E-state index < -0.39 is 21.5 Å². The van der Waals surface area contributed by atoms with E-state index in [9.17, 15) is 17.2 Å². The van der Waals surface area contributed by atoms with E-state index in [1.165, 1.54) is 32.9 Å². The van der Waals surface area contributed by atoms with Crippen LogP contribution in [0.5, 0.6) is 0 Å². The number of aryl methyl sites for hydroxylation is 1. The Bertz CT molecular complexity index is 660. The van der Waals surface area contributed by atoms with Gasteiger partial charge in [-0.1, -0.05) is 44.4 Å². The minimum atomic E-state index is -3.88. The van der Waals surface area contributed by atoms with Crippen LogP contribution in [0, 0.1) is 24.2 Å². The van der Waals surface area contributed by atoms with Crippen molar-refractivity contribution >= 4 is 10.1 Å². The summed E-state index contributed by atoms with van der Waals surface area (Å²) >= 11 is 0. The Kier molecular flexibility index (Phi) is 5.71. The van der Waals surface area contributed by atoms with Crippen LogP contribution < -0.4 is 0 Å². The molecule has 1 aromatic carbocycles.